The van der Waals surface area contributed by atoms with E-state index in [1.807, 2.05) is 19.1 Å². The molecule has 0 aliphatic carbocycles. The van der Waals surface area contributed by atoms with Gasteiger partial charge in [0.15, 0.2) is 0 Å². The van der Waals surface area contributed by atoms with Gasteiger partial charge in [-0.05, 0) is 43.9 Å². The smallest absolute Gasteiger partial charge is 0.0942 e. The van der Waals surface area contributed by atoms with E-state index in [1.54, 1.807) is 0 Å². The standard InChI is InChI=1S/C17H29NO2/c1-4-14-8-10-15(11-9-14)17(19)16(5-2)18-12-7-13-20-6-3/h8-11,16-19H,4-7,12-13H2,1-3H3. The van der Waals surface area contributed by atoms with Crippen LogP contribution in [-0.4, -0.2) is 30.9 Å². The Balaban J connectivity index is 2.46. The highest BCUT2D eigenvalue weighted by Gasteiger charge is 2.18. The average molecular weight is 279 g/mol. The van der Waals surface area contributed by atoms with Crippen molar-refractivity contribution in [1.29, 1.82) is 0 Å². The summed E-state index contributed by atoms with van der Waals surface area (Å²) in [7, 11) is 0. The number of aliphatic hydroxyl groups excluding tert-OH is 1. The summed E-state index contributed by atoms with van der Waals surface area (Å²) in [5.74, 6) is 0. The van der Waals surface area contributed by atoms with E-state index in [4.69, 9.17) is 4.74 Å². The first-order valence-corrected chi connectivity index (χ1v) is 7.80. The molecule has 20 heavy (non-hydrogen) atoms. The summed E-state index contributed by atoms with van der Waals surface area (Å²) in [6, 6.07) is 8.37. The van der Waals surface area contributed by atoms with Crippen LogP contribution in [0.3, 0.4) is 0 Å². The van der Waals surface area contributed by atoms with Crippen LogP contribution >= 0.6 is 0 Å². The molecule has 0 aliphatic rings. The predicted octanol–water partition coefficient (Wildman–Crippen LogP) is 3.08. The van der Waals surface area contributed by atoms with Crippen molar-refractivity contribution < 1.29 is 9.84 Å². The summed E-state index contributed by atoms with van der Waals surface area (Å²) in [5, 5.41) is 13.9. The van der Waals surface area contributed by atoms with E-state index in [-0.39, 0.29) is 6.04 Å². The number of hydrogen-bond donors (Lipinski definition) is 2. The third kappa shape index (κ3) is 5.61. The second-order valence-corrected chi connectivity index (χ2v) is 5.06. The minimum absolute atomic E-state index is 0.101. The molecule has 2 unspecified atom stereocenters. The molecule has 0 amide bonds. The molecule has 114 valence electrons. The SMILES string of the molecule is CCOCCCNC(CC)C(O)c1ccc(CC)cc1. The van der Waals surface area contributed by atoms with E-state index in [2.05, 4.69) is 31.3 Å². The number of ether oxygens (including phenoxy) is 1. The normalized spacial score (nSPS) is 14.2. The van der Waals surface area contributed by atoms with Crippen LogP contribution in [0.15, 0.2) is 24.3 Å². The molecular weight excluding hydrogens is 250 g/mol. The van der Waals surface area contributed by atoms with Crippen molar-refractivity contribution in [2.24, 2.45) is 0 Å². The lowest BCUT2D eigenvalue weighted by atomic mass is 9.98. The maximum absolute atomic E-state index is 10.5. The first-order chi connectivity index (χ1) is 9.72. The molecule has 0 saturated heterocycles. The van der Waals surface area contributed by atoms with Crippen molar-refractivity contribution in [1.82, 2.24) is 5.32 Å². The lowest BCUT2D eigenvalue weighted by molar-refractivity contribution is 0.118. The fourth-order valence-corrected chi connectivity index (χ4v) is 2.27. The van der Waals surface area contributed by atoms with Crippen LogP contribution in [0.5, 0.6) is 0 Å². The zero-order chi connectivity index (χ0) is 14.8. The molecule has 0 aliphatic heterocycles. The molecule has 1 aromatic carbocycles. The molecule has 0 heterocycles. The highest BCUT2D eigenvalue weighted by atomic mass is 16.5. The third-order valence-electron chi connectivity index (χ3n) is 3.63. The predicted molar refractivity (Wildman–Crippen MR) is 84.0 cm³/mol. The maximum Gasteiger partial charge on any atom is 0.0942 e. The first kappa shape index (κ1) is 17.2. The van der Waals surface area contributed by atoms with E-state index in [0.717, 1.165) is 44.6 Å². The van der Waals surface area contributed by atoms with E-state index < -0.39 is 6.10 Å². The Hall–Kier alpha value is -0.900. The fraction of sp³-hybridized carbons (Fsp3) is 0.647. The monoisotopic (exact) mass is 279 g/mol. The highest BCUT2D eigenvalue weighted by molar-refractivity contribution is 5.25. The van der Waals surface area contributed by atoms with E-state index >= 15 is 0 Å². The molecule has 1 rings (SSSR count). The van der Waals surface area contributed by atoms with Gasteiger partial charge in [-0.25, -0.2) is 0 Å². The van der Waals surface area contributed by atoms with Crippen molar-refractivity contribution in [3.05, 3.63) is 35.4 Å². The Morgan fingerprint density at radius 3 is 2.40 bits per heavy atom. The van der Waals surface area contributed by atoms with Gasteiger partial charge in [0, 0.05) is 19.3 Å². The minimum atomic E-state index is -0.446. The quantitative estimate of drug-likeness (QED) is 0.647. The van der Waals surface area contributed by atoms with Crippen LogP contribution in [0.4, 0.5) is 0 Å². The Morgan fingerprint density at radius 1 is 1.15 bits per heavy atom. The zero-order valence-electron chi connectivity index (χ0n) is 13.1. The molecule has 0 spiro atoms. The van der Waals surface area contributed by atoms with Crippen LogP contribution < -0.4 is 5.32 Å². The molecule has 3 heteroatoms. The lowest BCUT2D eigenvalue weighted by Gasteiger charge is -2.23. The molecule has 2 N–H and O–H groups in total. The zero-order valence-corrected chi connectivity index (χ0v) is 13.1. The summed E-state index contributed by atoms with van der Waals surface area (Å²) in [6.07, 6.45) is 2.47. The number of aliphatic hydroxyl groups is 1. The van der Waals surface area contributed by atoms with Crippen LogP contribution in [0.25, 0.3) is 0 Å². The van der Waals surface area contributed by atoms with Crippen molar-refractivity contribution in [2.45, 2.75) is 52.2 Å². The average Bonchev–Trinajstić information content (AvgIpc) is 2.50. The van der Waals surface area contributed by atoms with E-state index in [9.17, 15) is 5.11 Å². The van der Waals surface area contributed by atoms with Crippen molar-refractivity contribution in [3.8, 4) is 0 Å². The van der Waals surface area contributed by atoms with Gasteiger partial charge in [-0.2, -0.15) is 0 Å². The number of hydrogen-bond acceptors (Lipinski definition) is 3. The lowest BCUT2D eigenvalue weighted by Crippen LogP contribution is -2.35. The van der Waals surface area contributed by atoms with Gasteiger partial charge in [0.2, 0.25) is 0 Å². The summed E-state index contributed by atoms with van der Waals surface area (Å²) in [4.78, 5) is 0. The molecule has 0 fully saturated rings. The van der Waals surface area contributed by atoms with Gasteiger partial charge in [-0.15, -0.1) is 0 Å². The Morgan fingerprint density at radius 2 is 1.85 bits per heavy atom. The first-order valence-electron chi connectivity index (χ1n) is 7.80. The summed E-state index contributed by atoms with van der Waals surface area (Å²) in [6.45, 7) is 8.67. The third-order valence-corrected chi connectivity index (χ3v) is 3.63. The number of rotatable bonds is 10. The second-order valence-electron chi connectivity index (χ2n) is 5.06. The van der Waals surface area contributed by atoms with Gasteiger partial charge in [0.1, 0.15) is 0 Å². The van der Waals surface area contributed by atoms with Gasteiger partial charge in [0.25, 0.3) is 0 Å². The summed E-state index contributed by atoms with van der Waals surface area (Å²) in [5.41, 5.74) is 2.30. The number of nitrogens with one attached hydrogen (secondary N) is 1. The van der Waals surface area contributed by atoms with Crippen LogP contribution in [-0.2, 0) is 11.2 Å². The minimum Gasteiger partial charge on any atom is -0.387 e. The van der Waals surface area contributed by atoms with Crippen LogP contribution in [0, 0.1) is 0 Å². The van der Waals surface area contributed by atoms with Gasteiger partial charge in [0.05, 0.1) is 6.10 Å². The topological polar surface area (TPSA) is 41.5 Å². The molecular formula is C17H29NO2. The summed E-state index contributed by atoms with van der Waals surface area (Å²) < 4.78 is 5.32. The summed E-state index contributed by atoms with van der Waals surface area (Å²) >= 11 is 0. The Bertz CT molecular complexity index is 351. The molecule has 0 aromatic heterocycles. The van der Waals surface area contributed by atoms with E-state index in [0.29, 0.717) is 0 Å². The fourth-order valence-electron chi connectivity index (χ4n) is 2.27. The molecule has 2 atom stereocenters. The Labute approximate surface area is 123 Å². The molecule has 3 nitrogen and oxygen atoms in total. The van der Waals surface area contributed by atoms with Crippen LogP contribution in [0.1, 0.15) is 50.8 Å². The molecule has 1 aromatic rings. The molecule has 0 bridgehead atoms. The maximum atomic E-state index is 10.5. The number of aryl methyl sites for hydroxylation is 1. The largest absolute Gasteiger partial charge is 0.387 e. The second kappa shape index (κ2) is 9.92. The number of benzene rings is 1. The van der Waals surface area contributed by atoms with Gasteiger partial charge < -0.3 is 15.2 Å². The van der Waals surface area contributed by atoms with Gasteiger partial charge >= 0.3 is 0 Å². The van der Waals surface area contributed by atoms with E-state index in [1.165, 1.54) is 5.56 Å². The molecule has 0 saturated carbocycles. The van der Waals surface area contributed by atoms with Crippen LogP contribution in [0.2, 0.25) is 0 Å². The Kier molecular flexibility index (Phi) is 8.51. The van der Waals surface area contributed by atoms with Crippen molar-refractivity contribution >= 4 is 0 Å². The van der Waals surface area contributed by atoms with Gasteiger partial charge in [-0.3, -0.25) is 0 Å². The molecule has 0 radical (unpaired) electrons. The van der Waals surface area contributed by atoms with Crippen molar-refractivity contribution in [2.75, 3.05) is 19.8 Å². The van der Waals surface area contributed by atoms with Crippen molar-refractivity contribution in [3.63, 3.8) is 0 Å². The van der Waals surface area contributed by atoms with Gasteiger partial charge in [-0.1, -0.05) is 38.1 Å². The highest BCUT2D eigenvalue weighted by Crippen LogP contribution is 2.19.